The van der Waals surface area contributed by atoms with Crippen LogP contribution >= 0.6 is 34.8 Å². The third-order valence-electron chi connectivity index (χ3n) is 2.89. The summed E-state index contributed by atoms with van der Waals surface area (Å²) in [5.41, 5.74) is -1.00. The molecular formula is C11H8Cl3FO3. The van der Waals surface area contributed by atoms with Crippen molar-refractivity contribution in [1.82, 2.24) is 0 Å². The SMILES string of the molecule is COC(=O)C1(Cl)OC1(C)c1cc(F)c(Cl)cc1Cl. The molecule has 1 aromatic carbocycles. The summed E-state index contributed by atoms with van der Waals surface area (Å²) in [6, 6.07) is 2.33. The molecule has 1 aliphatic heterocycles. The van der Waals surface area contributed by atoms with Crippen molar-refractivity contribution in [3.63, 3.8) is 0 Å². The third-order valence-corrected chi connectivity index (χ3v) is 4.08. The predicted octanol–water partition coefficient (Wildman–Crippen LogP) is 3.49. The van der Waals surface area contributed by atoms with Gasteiger partial charge in [-0.15, -0.1) is 0 Å². The van der Waals surface area contributed by atoms with Crippen molar-refractivity contribution >= 4 is 40.8 Å². The third kappa shape index (κ3) is 1.79. The molecule has 2 unspecified atom stereocenters. The number of ether oxygens (including phenoxy) is 2. The van der Waals surface area contributed by atoms with Crippen LogP contribution in [0.2, 0.25) is 10.0 Å². The van der Waals surface area contributed by atoms with Gasteiger partial charge in [0, 0.05) is 10.6 Å². The van der Waals surface area contributed by atoms with Crippen molar-refractivity contribution in [2.45, 2.75) is 17.6 Å². The topological polar surface area (TPSA) is 38.8 Å². The Hall–Kier alpha value is -0.550. The van der Waals surface area contributed by atoms with E-state index >= 15 is 0 Å². The Balaban J connectivity index is 2.46. The van der Waals surface area contributed by atoms with Crippen LogP contribution in [0.1, 0.15) is 12.5 Å². The molecule has 1 aromatic rings. The molecule has 98 valence electrons. The molecule has 0 aromatic heterocycles. The number of carbonyl (C=O) groups excluding carboxylic acids is 1. The second kappa shape index (κ2) is 4.23. The van der Waals surface area contributed by atoms with Crippen molar-refractivity contribution in [3.8, 4) is 0 Å². The van der Waals surface area contributed by atoms with Crippen molar-refractivity contribution in [3.05, 3.63) is 33.6 Å². The highest BCUT2D eigenvalue weighted by atomic mass is 35.5. The average Bonchev–Trinajstić information content (AvgIpc) is 2.88. The fourth-order valence-electron chi connectivity index (χ4n) is 1.74. The van der Waals surface area contributed by atoms with Gasteiger partial charge in [0.2, 0.25) is 0 Å². The molecule has 7 heteroatoms. The minimum atomic E-state index is -1.69. The number of hydrogen-bond donors (Lipinski definition) is 0. The molecule has 0 N–H and O–H groups in total. The Bertz CT molecular complexity index is 537. The minimum absolute atomic E-state index is 0.119. The fourth-order valence-corrected chi connectivity index (χ4v) is 2.64. The van der Waals surface area contributed by atoms with Crippen LogP contribution in [0.15, 0.2) is 12.1 Å². The van der Waals surface area contributed by atoms with Crippen LogP contribution in [-0.4, -0.2) is 18.1 Å². The number of methoxy groups -OCH3 is 1. The second-order valence-electron chi connectivity index (χ2n) is 3.97. The number of halogens is 4. The molecule has 2 rings (SSSR count). The summed E-state index contributed by atoms with van der Waals surface area (Å²) in [4.78, 5) is 11.5. The fraction of sp³-hybridized carbons (Fsp3) is 0.364. The van der Waals surface area contributed by atoms with Gasteiger partial charge in [-0.25, -0.2) is 9.18 Å². The number of benzene rings is 1. The van der Waals surface area contributed by atoms with Crippen LogP contribution in [0, 0.1) is 5.82 Å². The highest BCUT2D eigenvalue weighted by molar-refractivity contribution is 6.37. The number of esters is 1. The molecule has 1 fully saturated rings. The van der Waals surface area contributed by atoms with E-state index in [-0.39, 0.29) is 15.6 Å². The summed E-state index contributed by atoms with van der Waals surface area (Å²) in [5.74, 6) is -1.44. The molecule has 2 atom stereocenters. The van der Waals surface area contributed by atoms with E-state index in [0.717, 1.165) is 6.07 Å². The van der Waals surface area contributed by atoms with E-state index in [1.54, 1.807) is 0 Å². The largest absolute Gasteiger partial charge is 0.466 e. The number of alkyl halides is 1. The van der Waals surface area contributed by atoms with E-state index in [1.165, 1.54) is 20.1 Å². The Labute approximate surface area is 118 Å². The maximum atomic E-state index is 13.4. The first-order valence-corrected chi connectivity index (χ1v) is 6.02. The highest BCUT2D eigenvalue weighted by Gasteiger charge is 2.74. The van der Waals surface area contributed by atoms with Crippen molar-refractivity contribution < 1.29 is 18.7 Å². The lowest BCUT2D eigenvalue weighted by Gasteiger charge is -2.12. The number of rotatable bonds is 2. The number of hydrogen-bond acceptors (Lipinski definition) is 3. The van der Waals surface area contributed by atoms with Crippen LogP contribution < -0.4 is 0 Å². The van der Waals surface area contributed by atoms with E-state index in [0.29, 0.717) is 0 Å². The summed E-state index contributed by atoms with van der Waals surface area (Å²) in [6.45, 7) is 1.52. The van der Waals surface area contributed by atoms with Crippen molar-refractivity contribution in [1.29, 1.82) is 0 Å². The Morgan fingerprint density at radius 2 is 2.00 bits per heavy atom. The molecule has 0 saturated carbocycles. The molecule has 1 aliphatic rings. The standard InChI is InChI=1S/C11H8Cl3FO3/c1-10(11(14,18-10)9(16)17-2)5-3-8(15)7(13)4-6(5)12/h3-4H,1-2H3. The molecule has 0 bridgehead atoms. The lowest BCUT2D eigenvalue weighted by atomic mass is 9.96. The van der Waals surface area contributed by atoms with Gasteiger partial charge in [0.15, 0.2) is 0 Å². The zero-order valence-electron chi connectivity index (χ0n) is 9.39. The van der Waals surface area contributed by atoms with E-state index in [4.69, 9.17) is 39.5 Å². The highest BCUT2D eigenvalue weighted by Crippen LogP contribution is 2.60. The molecule has 1 saturated heterocycles. The lowest BCUT2D eigenvalue weighted by Crippen LogP contribution is -2.27. The molecular weight excluding hydrogens is 305 g/mol. The lowest BCUT2D eigenvalue weighted by molar-refractivity contribution is -0.143. The average molecular weight is 314 g/mol. The molecule has 0 amide bonds. The Kier molecular flexibility index (Phi) is 3.26. The molecule has 0 spiro atoms. The summed E-state index contributed by atoms with van der Waals surface area (Å²) in [7, 11) is 1.18. The summed E-state index contributed by atoms with van der Waals surface area (Å²) >= 11 is 17.5. The second-order valence-corrected chi connectivity index (χ2v) is 5.31. The summed E-state index contributed by atoms with van der Waals surface area (Å²) < 4.78 is 23.2. The van der Waals surface area contributed by atoms with Gasteiger partial charge in [0.25, 0.3) is 5.06 Å². The van der Waals surface area contributed by atoms with Gasteiger partial charge in [-0.05, 0) is 19.1 Å². The quantitative estimate of drug-likeness (QED) is 0.363. The number of carbonyl (C=O) groups is 1. The van der Waals surface area contributed by atoms with Gasteiger partial charge >= 0.3 is 5.97 Å². The Morgan fingerprint density at radius 1 is 1.39 bits per heavy atom. The number of epoxide rings is 1. The smallest absolute Gasteiger partial charge is 0.357 e. The van der Waals surface area contributed by atoms with Gasteiger partial charge in [0.05, 0.1) is 12.1 Å². The van der Waals surface area contributed by atoms with E-state index < -0.39 is 22.4 Å². The normalized spacial score (nSPS) is 30.1. The van der Waals surface area contributed by atoms with Gasteiger partial charge < -0.3 is 9.47 Å². The van der Waals surface area contributed by atoms with Gasteiger partial charge in [-0.3, -0.25) is 0 Å². The van der Waals surface area contributed by atoms with Crippen LogP contribution in [0.5, 0.6) is 0 Å². The summed E-state index contributed by atoms with van der Waals surface area (Å²) in [5, 5.41) is -1.65. The predicted molar refractivity (Wildman–Crippen MR) is 65.5 cm³/mol. The first-order chi connectivity index (χ1) is 8.26. The van der Waals surface area contributed by atoms with Gasteiger partial charge in [-0.2, -0.15) is 0 Å². The van der Waals surface area contributed by atoms with Crippen molar-refractivity contribution in [2.24, 2.45) is 0 Å². The van der Waals surface area contributed by atoms with E-state index in [2.05, 4.69) is 4.74 Å². The van der Waals surface area contributed by atoms with E-state index in [1.807, 2.05) is 0 Å². The van der Waals surface area contributed by atoms with Crippen molar-refractivity contribution in [2.75, 3.05) is 7.11 Å². The minimum Gasteiger partial charge on any atom is -0.466 e. The molecule has 3 nitrogen and oxygen atoms in total. The van der Waals surface area contributed by atoms with Gasteiger partial charge in [0.1, 0.15) is 11.4 Å². The van der Waals surface area contributed by atoms with Crippen LogP contribution in [0.4, 0.5) is 4.39 Å². The van der Waals surface area contributed by atoms with Gasteiger partial charge in [-0.1, -0.05) is 34.8 Å². The first-order valence-electron chi connectivity index (χ1n) is 4.89. The van der Waals surface area contributed by atoms with Crippen LogP contribution in [0.3, 0.4) is 0 Å². The molecule has 0 radical (unpaired) electrons. The zero-order valence-corrected chi connectivity index (χ0v) is 11.7. The summed E-state index contributed by atoms with van der Waals surface area (Å²) in [6.07, 6.45) is 0. The maximum absolute atomic E-state index is 13.4. The van der Waals surface area contributed by atoms with Crippen LogP contribution in [-0.2, 0) is 19.9 Å². The van der Waals surface area contributed by atoms with E-state index in [9.17, 15) is 9.18 Å². The van der Waals surface area contributed by atoms with Crippen LogP contribution in [0.25, 0.3) is 0 Å². The monoisotopic (exact) mass is 312 g/mol. The molecule has 0 aliphatic carbocycles. The Morgan fingerprint density at radius 3 is 2.56 bits per heavy atom. The molecule has 18 heavy (non-hydrogen) atoms. The zero-order chi connectivity index (χ0) is 13.7. The first kappa shape index (κ1) is 13.9. The molecule has 1 heterocycles. The maximum Gasteiger partial charge on any atom is 0.357 e.